The molecule has 0 amide bonds. The highest BCUT2D eigenvalue weighted by molar-refractivity contribution is 5.74. The quantitative estimate of drug-likeness (QED) is 0.140. The number of aliphatic hydroxyl groups excluding tert-OH is 2. The van der Waals surface area contributed by atoms with Crippen LogP contribution >= 0.6 is 0 Å². The molecule has 5 aliphatic carbocycles. The predicted octanol–water partition coefficient (Wildman–Crippen LogP) is 9.52. The lowest BCUT2D eigenvalue weighted by atomic mass is 9.25. The third kappa shape index (κ3) is 5.75. The van der Waals surface area contributed by atoms with E-state index in [2.05, 4.69) is 58.9 Å². The number of methoxy groups -OCH3 is 1. The van der Waals surface area contributed by atoms with Crippen LogP contribution in [0.4, 0.5) is 0 Å². The number of hydrogen-bond donors (Lipinski definition) is 4. The Balaban J connectivity index is 1.34. The minimum atomic E-state index is -1.43. The number of carboxylic acid groups (broad SMARTS) is 1. The maximum absolute atomic E-state index is 13.0. The molecule has 1 aromatic rings. The first-order valence-corrected chi connectivity index (χ1v) is 22.5. The van der Waals surface area contributed by atoms with Crippen molar-refractivity contribution in [3.63, 3.8) is 0 Å². The summed E-state index contributed by atoms with van der Waals surface area (Å²) in [6, 6.07) is 8.74. The van der Waals surface area contributed by atoms with E-state index in [-0.39, 0.29) is 47.2 Å². The zero-order valence-electron chi connectivity index (χ0n) is 35.6. The molecule has 7 heteroatoms. The molecular weight excluding hydrogens is 689 g/mol. The van der Waals surface area contributed by atoms with Gasteiger partial charge < -0.3 is 29.9 Å². The van der Waals surface area contributed by atoms with Crippen molar-refractivity contribution in [2.75, 3.05) is 20.3 Å². The fraction of sp³-hybridized carbons (Fsp3) is 0.854. The molecule has 0 aromatic heterocycles. The number of ether oxygens (including phenoxy) is 2. The molecule has 6 fully saturated rings. The molecule has 13 atom stereocenters. The van der Waals surface area contributed by atoms with Gasteiger partial charge in [0.1, 0.15) is 0 Å². The first kappa shape index (κ1) is 41.6. The molecule has 55 heavy (non-hydrogen) atoms. The smallest absolute Gasteiger partial charge is 0.309 e. The second-order valence-electron chi connectivity index (χ2n) is 21.1. The van der Waals surface area contributed by atoms with Gasteiger partial charge in [0.05, 0.1) is 30.8 Å². The van der Waals surface area contributed by atoms with E-state index in [0.717, 1.165) is 89.0 Å². The van der Waals surface area contributed by atoms with E-state index in [9.17, 15) is 25.2 Å². The third-order valence-corrected chi connectivity index (χ3v) is 19.1. The van der Waals surface area contributed by atoms with Crippen LogP contribution in [-0.2, 0) is 27.1 Å². The number of rotatable bonds is 14. The molecule has 7 nitrogen and oxygen atoms in total. The average molecular weight is 765 g/mol. The Kier molecular flexibility index (Phi) is 11.1. The van der Waals surface area contributed by atoms with Crippen molar-refractivity contribution in [3.05, 3.63) is 35.4 Å². The summed E-state index contributed by atoms with van der Waals surface area (Å²) in [6.07, 6.45) is 16.4. The monoisotopic (exact) mass is 765 g/mol. The Morgan fingerprint density at radius 2 is 1.55 bits per heavy atom. The molecule has 7 rings (SSSR count). The lowest BCUT2D eigenvalue weighted by Gasteiger charge is -2.78. The number of aliphatic carboxylic acids is 1. The average Bonchev–Trinajstić information content (AvgIpc) is 3.31. The molecule has 5 saturated carbocycles. The minimum absolute atomic E-state index is 0.00445. The fourth-order valence-electron chi connectivity index (χ4n) is 16.2. The van der Waals surface area contributed by atoms with E-state index in [1.807, 2.05) is 6.92 Å². The van der Waals surface area contributed by atoms with Crippen LogP contribution in [-0.4, -0.2) is 64.7 Å². The maximum atomic E-state index is 13.0. The number of unbranched alkanes of at least 4 members (excludes halogenated alkanes) is 3. The lowest BCUT2D eigenvalue weighted by Crippen LogP contribution is -2.77. The van der Waals surface area contributed by atoms with Gasteiger partial charge in [0.2, 0.25) is 0 Å². The maximum Gasteiger partial charge on any atom is 0.309 e. The number of hydrogen-bond acceptors (Lipinski definition) is 6. The van der Waals surface area contributed by atoms with E-state index in [1.165, 1.54) is 31.2 Å². The van der Waals surface area contributed by atoms with E-state index < -0.39 is 39.5 Å². The van der Waals surface area contributed by atoms with Gasteiger partial charge in [0.25, 0.3) is 0 Å². The van der Waals surface area contributed by atoms with Gasteiger partial charge in [-0.2, -0.15) is 0 Å². The van der Waals surface area contributed by atoms with Gasteiger partial charge in [-0.3, -0.25) is 4.79 Å². The third-order valence-electron chi connectivity index (χ3n) is 19.1. The van der Waals surface area contributed by atoms with Crippen LogP contribution in [0.3, 0.4) is 0 Å². The number of benzene rings is 1. The SMILES string of the molecule is CCCCCC[C@@]12CC[C@]3(C)[C@H](CC[C@@]45[C@H](Cc6ccc(CCOC)cc6)O[C@@](O)(C[C@H](O)[C@]43CO)[C@@H]5CCC)[C@@]1(C)CC[C@@]1(C)CC[C@@](C)(C(=O)O)C[C@H]12. The van der Waals surface area contributed by atoms with Crippen molar-refractivity contribution in [2.24, 2.45) is 55.7 Å². The second-order valence-corrected chi connectivity index (χ2v) is 21.1. The van der Waals surface area contributed by atoms with E-state index in [0.29, 0.717) is 18.9 Å². The predicted molar refractivity (Wildman–Crippen MR) is 216 cm³/mol. The Morgan fingerprint density at radius 3 is 2.20 bits per heavy atom. The van der Waals surface area contributed by atoms with Crippen molar-refractivity contribution in [2.45, 2.75) is 182 Å². The van der Waals surface area contributed by atoms with Crippen molar-refractivity contribution < 1.29 is 34.7 Å². The van der Waals surface area contributed by atoms with Crippen LogP contribution in [0, 0.1) is 55.7 Å². The largest absolute Gasteiger partial charge is 0.481 e. The highest BCUT2D eigenvalue weighted by atomic mass is 16.6. The zero-order chi connectivity index (χ0) is 39.7. The van der Waals surface area contributed by atoms with E-state index >= 15 is 0 Å². The summed E-state index contributed by atoms with van der Waals surface area (Å²) in [7, 11) is 1.73. The summed E-state index contributed by atoms with van der Waals surface area (Å²) in [6.45, 7) is 14.6. The summed E-state index contributed by atoms with van der Waals surface area (Å²) in [4.78, 5) is 13.0. The van der Waals surface area contributed by atoms with Crippen molar-refractivity contribution >= 4 is 5.97 Å². The van der Waals surface area contributed by atoms with Gasteiger partial charge in [-0.1, -0.05) is 91.0 Å². The van der Waals surface area contributed by atoms with Crippen molar-refractivity contribution in [3.8, 4) is 0 Å². The number of aliphatic hydroxyl groups is 3. The highest BCUT2D eigenvalue weighted by Gasteiger charge is 2.84. The van der Waals surface area contributed by atoms with Crippen LogP contribution in [0.25, 0.3) is 0 Å². The van der Waals surface area contributed by atoms with Gasteiger partial charge in [0, 0.05) is 30.3 Å². The van der Waals surface area contributed by atoms with E-state index in [4.69, 9.17) is 9.47 Å². The van der Waals surface area contributed by atoms with Crippen LogP contribution in [0.1, 0.15) is 162 Å². The summed E-state index contributed by atoms with van der Waals surface area (Å²) in [5.74, 6) is -1.67. The molecular formula is C48H76O7. The Labute approximate surface area is 332 Å². The molecule has 2 bridgehead atoms. The second kappa shape index (κ2) is 14.6. The lowest BCUT2D eigenvalue weighted by molar-refractivity contribution is -0.339. The van der Waals surface area contributed by atoms with Crippen LogP contribution in [0.5, 0.6) is 0 Å². The van der Waals surface area contributed by atoms with Crippen LogP contribution < -0.4 is 0 Å². The summed E-state index contributed by atoms with van der Waals surface area (Å²) < 4.78 is 12.3. The van der Waals surface area contributed by atoms with Crippen molar-refractivity contribution in [1.82, 2.24) is 0 Å². The summed E-state index contributed by atoms with van der Waals surface area (Å²) >= 11 is 0. The Bertz CT molecular complexity index is 1550. The minimum Gasteiger partial charge on any atom is -0.481 e. The standard InChI is InChI=1S/C48H76O7/c1-8-10-11-12-20-45-27-26-44(6)35(43(45,5)25-24-41(3)22-23-42(4,40(51)52)30-37(41)45)18-21-46-36(13-9-2)48(53,31-38(50)47(44,46)32-49)55-39(46)29-34-16-14-33(15-17-34)19-28-54-7/h14-17,35-39,49-50,53H,8-13,18-32H2,1-7H3,(H,51,52)/t35-,36-,37-,38+,39+,41-,42-,43-,44-,45+,46-,47+,48+/m1/s1. The van der Waals surface area contributed by atoms with Crippen molar-refractivity contribution in [1.29, 1.82) is 0 Å². The molecule has 6 aliphatic rings. The number of fused-ring (bicyclic) bond motifs is 7. The zero-order valence-corrected chi connectivity index (χ0v) is 35.6. The van der Waals surface area contributed by atoms with E-state index in [1.54, 1.807) is 7.11 Å². The molecule has 1 heterocycles. The molecule has 1 aliphatic heterocycles. The van der Waals surface area contributed by atoms with Gasteiger partial charge >= 0.3 is 5.97 Å². The highest BCUT2D eigenvalue weighted by Crippen LogP contribution is 2.84. The van der Waals surface area contributed by atoms with Gasteiger partial charge in [-0.25, -0.2) is 0 Å². The molecule has 1 spiro atoms. The number of carbonyl (C=O) groups is 1. The van der Waals surface area contributed by atoms with Crippen LogP contribution in [0.15, 0.2) is 24.3 Å². The first-order chi connectivity index (χ1) is 26.1. The van der Waals surface area contributed by atoms with Crippen LogP contribution in [0.2, 0.25) is 0 Å². The fourth-order valence-corrected chi connectivity index (χ4v) is 16.2. The molecule has 310 valence electrons. The molecule has 0 unspecified atom stereocenters. The summed E-state index contributed by atoms with van der Waals surface area (Å²) in [5, 5.41) is 48.3. The molecule has 1 aromatic carbocycles. The van der Waals surface area contributed by atoms with Gasteiger partial charge in [-0.15, -0.1) is 0 Å². The molecule has 1 saturated heterocycles. The molecule has 4 N–H and O–H groups in total. The summed E-state index contributed by atoms with van der Waals surface area (Å²) in [5.41, 5.74) is -0.135. The van der Waals surface area contributed by atoms with Gasteiger partial charge in [0.15, 0.2) is 5.79 Å². The number of carboxylic acids is 1. The Hall–Kier alpha value is -1.51. The Morgan fingerprint density at radius 1 is 0.855 bits per heavy atom. The van der Waals surface area contributed by atoms with Gasteiger partial charge in [-0.05, 0) is 135 Å². The first-order valence-electron chi connectivity index (χ1n) is 22.5. The molecule has 0 radical (unpaired) electrons. The normalized spacial score (nSPS) is 47.3. The topological polar surface area (TPSA) is 116 Å².